The number of piperidine rings is 1. The van der Waals surface area contributed by atoms with Gasteiger partial charge in [-0.2, -0.15) is 0 Å². The van der Waals surface area contributed by atoms with Crippen molar-refractivity contribution in [3.05, 3.63) is 89.7 Å². The van der Waals surface area contributed by atoms with E-state index >= 15 is 0 Å². The second kappa shape index (κ2) is 10.7. The molecule has 8 heteroatoms. The fourth-order valence-electron chi connectivity index (χ4n) is 4.81. The number of nitrogens with one attached hydrogen (secondary N) is 2. The van der Waals surface area contributed by atoms with Crippen molar-refractivity contribution in [2.75, 3.05) is 18.4 Å². The lowest BCUT2D eigenvalue weighted by Crippen LogP contribution is -2.50. The topological polar surface area (TPSA) is 107 Å². The van der Waals surface area contributed by atoms with Crippen LogP contribution in [0, 0.1) is 5.92 Å². The van der Waals surface area contributed by atoms with Crippen LogP contribution in [0.5, 0.6) is 0 Å². The van der Waals surface area contributed by atoms with E-state index in [1.165, 1.54) is 12.4 Å². The predicted octanol–water partition coefficient (Wildman–Crippen LogP) is 3.97. The van der Waals surface area contributed by atoms with Gasteiger partial charge in [-0.05, 0) is 29.9 Å². The van der Waals surface area contributed by atoms with Gasteiger partial charge in [-0.25, -0.2) is 15.4 Å². The third-order valence-corrected chi connectivity index (χ3v) is 6.71. The molecule has 2 amide bonds. The normalized spacial score (nSPS) is 15.9. The lowest BCUT2D eigenvalue weighted by Gasteiger charge is -2.44. The number of hydroxylamine groups is 1. The summed E-state index contributed by atoms with van der Waals surface area (Å²) >= 11 is 0. The molecule has 3 N–H and O–H groups in total. The number of carbonyl (C=O) groups is 2. The molecule has 2 aromatic carbocycles. The molecule has 1 aliphatic heterocycles. The van der Waals surface area contributed by atoms with Crippen LogP contribution in [0.3, 0.4) is 0 Å². The van der Waals surface area contributed by atoms with E-state index in [-0.39, 0.29) is 23.3 Å². The van der Waals surface area contributed by atoms with Gasteiger partial charge < -0.3 is 10.2 Å². The minimum absolute atomic E-state index is 0.156. The van der Waals surface area contributed by atoms with Gasteiger partial charge in [-0.15, -0.1) is 0 Å². The standard InChI is InChI=1S/C27H31N5O3/c1-19(2)23(20-9-5-3-6-10-20)25(34)32-15-13-27(14-16-32,22-11-7-4-8-12-22)30-26-28-17-21(18-29-26)24(33)31-35/h3-12,17-19,23,35H,13-16H2,1-2H3,(H,31,33)(H,28,29,30)/t23-/m0/s1. The van der Waals surface area contributed by atoms with Gasteiger partial charge in [-0.1, -0.05) is 74.5 Å². The van der Waals surface area contributed by atoms with Crippen LogP contribution in [-0.4, -0.2) is 45.0 Å². The van der Waals surface area contributed by atoms with Crippen molar-refractivity contribution in [1.29, 1.82) is 0 Å². The summed E-state index contributed by atoms with van der Waals surface area (Å²) in [4.78, 5) is 35.7. The van der Waals surface area contributed by atoms with Crippen LogP contribution >= 0.6 is 0 Å². The highest BCUT2D eigenvalue weighted by atomic mass is 16.5. The molecule has 8 nitrogen and oxygen atoms in total. The fourth-order valence-corrected chi connectivity index (χ4v) is 4.81. The average molecular weight is 474 g/mol. The molecule has 0 radical (unpaired) electrons. The average Bonchev–Trinajstić information content (AvgIpc) is 2.90. The molecule has 1 aromatic heterocycles. The molecule has 1 atom stereocenters. The minimum Gasteiger partial charge on any atom is -0.345 e. The molecule has 2 heterocycles. The third-order valence-electron chi connectivity index (χ3n) is 6.71. The van der Waals surface area contributed by atoms with Crippen molar-refractivity contribution in [3.8, 4) is 0 Å². The van der Waals surface area contributed by atoms with Crippen LogP contribution < -0.4 is 10.8 Å². The first kappa shape index (κ1) is 24.3. The van der Waals surface area contributed by atoms with Crippen molar-refractivity contribution in [2.45, 2.75) is 38.1 Å². The van der Waals surface area contributed by atoms with Gasteiger partial charge >= 0.3 is 0 Å². The number of aromatic nitrogens is 2. The quantitative estimate of drug-likeness (QED) is 0.354. The molecule has 182 valence electrons. The van der Waals surface area contributed by atoms with Crippen molar-refractivity contribution in [3.63, 3.8) is 0 Å². The number of rotatable bonds is 7. The Hall–Kier alpha value is -3.78. The van der Waals surface area contributed by atoms with Crippen LogP contribution in [0.2, 0.25) is 0 Å². The number of likely N-dealkylation sites (tertiary alicyclic amines) is 1. The summed E-state index contributed by atoms with van der Waals surface area (Å²) in [5.74, 6) is -0.121. The van der Waals surface area contributed by atoms with Gasteiger partial charge in [0.1, 0.15) is 0 Å². The maximum Gasteiger partial charge on any atom is 0.277 e. The zero-order valence-corrected chi connectivity index (χ0v) is 20.0. The van der Waals surface area contributed by atoms with Crippen molar-refractivity contribution in [1.82, 2.24) is 20.3 Å². The van der Waals surface area contributed by atoms with E-state index in [0.29, 0.717) is 31.9 Å². The summed E-state index contributed by atoms with van der Waals surface area (Å²) < 4.78 is 0. The highest BCUT2D eigenvalue weighted by Gasteiger charge is 2.40. The number of hydrogen-bond donors (Lipinski definition) is 3. The number of amides is 2. The molecule has 35 heavy (non-hydrogen) atoms. The Morgan fingerprint density at radius 1 is 0.943 bits per heavy atom. The van der Waals surface area contributed by atoms with Crippen molar-refractivity contribution in [2.24, 2.45) is 5.92 Å². The van der Waals surface area contributed by atoms with E-state index < -0.39 is 11.4 Å². The number of carbonyl (C=O) groups excluding carboxylic acids is 2. The number of benzene rings is 2. The molecule has 3 aromatic rings. The van der Waals surface area contributed by atoms with Crippen molar-refractivity contribution >= 4 is 17.8 Å². The SMILES string of the molecule is CC(C)[C@H](C(=O)N1CCC(Nc2ncc(C(=O)NO)cn2)(c2ccccc2)CC1)c1ccccc1. The molecular weight excluding hydrogens is 442 g/mol. The number of anilines is 1. The molecule has 4 rings (SSSR count). The van der Waals surface area contributed by atoms with Crippen LogP contribution in [0.1, 0.15) is 54.1 Å². The third kappa shape index (κ3) is 5.33. The maximum atomic E-state index is 13.6. The summed E-state index contributed by atoms with van der Waals surface area (Å²) in [6, 6.07) is 20.1. The number of hydrogen-bond acceptors (Lipinski definition) is 6. The second-order valence-corrected chi connectivity index (χ2v) is 9.27. The lowest BCUT2D eigenvalue weighted by atomic mass is 9.80. The van der Waals surface area contributed by atoms with Crippen molar-refractivity contribution < 1.29 is 14.8 Å². The molecule has 0 spiro atoms. The van der Waals surface area contributed by atoms with E-state index in [9.17, 15) is 9.59 Å². The first-order valence-electron chi connectivity index (χ1n) is 11.9. The Balaban J connectivity index is 1.55. The van der Waals surface area contributed by atoms with Crippen LogP contribution in [0.25, 0.3) is 0 Å². The highest BCUT2D eigenvalue weighted by Crippen LogP contribution is 2.37. The van der Waals surface area contributed by atoms with Crippen LogP contribution in [-0.2, 0) is 10.3 Å². The van der Waals surface area contributed by atoms with E-state index in [2.05, 4.69) is 41.3 Å². The van der Waals surface area contributed by atoms with E-state index in [1.54, 1.807) is 5.48 Å². The molecule has 0 bridgehead atoms. The van der Waals surface area contributed by atoms with Crippen LogP contribution in [0.4, 0.5) is 5.95 Å². The molecule has 1 aliphatic rings. The fraction of sp³-hybridized carbons (Fsp3) is 0.333. The summed E-state index contributed by atoms with van der Waals surface area (Å²) in [5.41, 5.74) is 3.42. The smallest absolute Gasteiger partial charge is 0.277 e. The van der Waals surface area contributed by atoms with Gasteiger partial charge in [0.25, 0.3) is 5.91 Å². The first-order valence-corrected chi connectivity index (χ1v) is 11.9. The Morgan fingerprint density at radius 3 is 2.06 bits per heavy atom. The first-order chi connectivity index (χ1) is 16.9. The van der Waals surface area contributed by atoms with Gasteiger partial charge in [-0.3, -0.25) is 14.8 Å². The lowest BCUT2D eigenvalue weighted by molar-refractivity contribution is -0.135. The summed E-state index contributed by atoms with van der Waals surface area (Å²) in [6.45, 7) is 5.38. The largest absolute Gasteiger partial charge is 0.345 e. The van der Waals surface area contributed by atoms with E-state index in [0.717, 1.165) is 11.1 Å². The molecular formula is C27H31N5O3. The Kier molecular flexibility index (Phi) is 7.41. The molecule has 1 saturated heterocycles. The van der Waals surface area contributed by atoms with Gasteiger partial charge in [0, 0.05) is 25.5 Å². The predicted molar refractivity (Wildman–Crippen MR) is 133 cm³/mol. The zero-order chi connectivity index (χ0) is 24.8. The molecule has 0 saturated carbocycles. The number of nitrogens with zero attached hydrogens (tertiary/aromatic N) is 3. The second-order valence-electron chi connectivity index (χ2n) is 9.27. The van der Waals surface area contributed by atoms with Gasteiger partial charge in [0.15, 0.2) is 0 Å². The molecule has 0 aliphatic carbocycles. The van der Waals surface area contributed by atoms with E-state index in [4.69, 9.17) is 5.21 Å². The summed E-state index contributed by atoms with van der Waals surface area (Å²) in [7, 11) is 0. The molecule has 1 fully saturated rings. The Labute approximate surface area is 205 Å². The maximum absolute atomic E-state index is 13.6. The Morgan fingerprint density at radius 2 is 1.51 bits per heavy atom. The van der Waals surface area contributed by atoms with Crippen LogP contribution in [0.15, 0.2) is 73.1 Å². The van der Waals surface area contributed by atoms with Gasteiger partial charge in [0.2, 0.25) is 11.9 Å². The minimum atomic E-state index is -0.667. The summed E-state index contributed by atoms with van der Waals surface area (Å²) in [5, 5.41) is 12.3. The Bertz CT molecular complexity index is 1130. The zero-order valence-electron chi connectivity index (χ0n) is 20.0. The highest BCUT2D eigenvalue weighted by molar-refractivity contribution is 5.92. The van der Waals surface area contributed by atoms with Gasteiger partial charge in [0.05, 0.1) is 17.0 Å². The molecule has 0 unspecified atom stereocenters. The monoisotopic (exact) mass is 473 g/mol. The van der Waals surface area contributed by atoms with E-state index in [1.807, 2.05) is 53.4 Å². The summed E-state index contributed by atoms with van der Waals surface area (Å²) in [6.07, 6.45) is 4.10.